The fourth-order valence-corrected chi connectivity index (χ4v) is 0. The third-order valence-electron chi connectivity index (χ3n) is 0.167. The molecule has 0 aliphatic rings. The Hall–Kier alpha value is 3.44. The first-order valence-corrected chi connectivity index (χ1v) is 5.60. The van der Waals surface area contributed by atoms with Crippen molar-refractivity contribution >= 4 is 44.1 Å². The van der Waals surface area contributed by atoms with Crippen LogP contribution in [0.2, 0.25) is 0 Å². The van der Waals surface area contributed by atoms with Crippen LogP contribution >= 0.6 is 0 Å². The van der Waals surface area contributed by atoms with Gasteiger partial charge in [0, 0.05) is 0 Å². The van der Waals surface area contributed by atoms with Crippen LogP contribution in [0.15, 0.2) is 0 Å². The SMILES string of the molecule is O=S(O)O.O=S([O-])S(=O)(=O)[O-].[Na+].[Na+].[Na+].[SH-]. The van der Waals surface area contributed by atoms with Crippen LogP contribution in [0.4, 0.5) is 0 Å². The maximum atomic E-state index is 9.16. The van der Waals surface area contributed by atoms with Crippen molar-refractivity contribution in [1.82, 2.24) is 0 Å². The largest absolute Gasteiger partial charge is 1.00 e. The van der Waals surface area contributed by atoms with Gasteiger partial charge in [-0.15, -0.1) is 0 Å². The molecular weight excluding hydrogens is 325 g/mol. The normalized spacial score (nSPS) is 9.93. The van der Waals surface area contributed by atoms with Crippen molar-refractivity contribution in [2.75, 3.05) is 0 Å². The third-order valence-corrected chi connectivity index (χ3v) is 1.50. The van der Waals surface area contributed by atoms with Gasteiger partial charge in [0.1, 0.15) is 0 Å². The van der Waals surface area contributed by atoms with Crippen LogP contribution < -0.4 is 88.7 Å². The fraction of sp³-hybridized carbons (Fsp3) is 0. The van der Waals surface area contributed by atoms with Gasteiger partial charge in [-0.25, -0.2) is 8.42 Å². The molecule has 0 radical (unpaired) electrons. The van der Waals surface area contributed by atoms with E-state index in [1.54, 1.807) is 0 Å². The third kappa shape index (κ3) is 46.7. The molecule has 0 bridgehead atoms. The van der Waals surface area contributed by atoms with Crippen molar-refractivity contribution in [3.8, 4) is 0 Å². The van der Waals surface area contributed by atoms with Crippen LogP contribution in [0.25, 0.3) is 0 Å². The standard InChI is InChI=1S/3Na.H2O5S2.H2O3S.H2S/c;;;1-6(2)7(3,4)5;1-4(2)3;/h;;;(H,1,2)(H,3,4,5);(H2,1,2,3);1H2/q3*+1;;;/p-3. The van der Waals surface area contributed by atoms with Crippen LogP contribution in [0.1, 0.15) is 0 Å². The van der Waals surface area contributed by atoms with Gasteiger partial charge >= 0.3 is 88.7 Å². The second kappa shape index (κ2) is 19.8. The predicted octanol–water partition coefficient (Wildman–Crippen LogP) is -11.3. The summed E-state index contributed by atoms with van der Waals surface area (Å²) in [6.07, 6.45) is 0. The summed E-state index contributed by atoms with van der Waals surface area (Å²) in [6, 6.07) is 0. The maximum Gasteiger partial charge on any atom is 1.00 e. The summed E-state index contributed by atoms with van der Waals surface area (Å²) in [5.74, 6) is 0. The Kier molecular flexibility index (Phi) is 47.8. The van der Waals surface area contributed by atoms with E-state index in [1.165, 1.54) is 0 Å². The quantitative estimate of drug-likeness (QED) is 0.119. The summed E-state index contributed by atoms with van der Waals surface area (Å²) >= 11 is -2.61. The van der Waals surface area contributed by atoms with Gasteiger partial charge in [-0.05, 0) is 0 Å². The molecule has 15 heteroatoms. The van der Waals surface area contributed by atoms with Crippen molar-refractivity contribution in [2.45, 2.75) is 0 Å². The average Bonchev–Trinajstić information content (AvgIpc) is 1.59. The Morgan fingerprint density at radius 3 is 1.07 bits per heavy atom. The Bertz CT molecular complexity index is 241. The van der Waals surface area contributed by atoms with Crippen molar-refractivity contribution in [3.05, 3.63) is 0 Å². The molecule has 1 unspecified atom stereocenters. The van der Waals surface area contributed by atoms with E-state index in [4.69, 9.17) is 35.0 Å². The summed E-state index contributed by atoms with van der Waals surface area (Å²) in [4.78, 5) is 0. The van der Waals surface area contributed by atoms with E-state index in [-0.39, 0.29) is 102 Å². The van der Waals surface area contributed by atoms with E-state index >= 15 is 0 Å². The first kappa shape index (κ1) is 36.2. The maximum absolute atomic E-state index is 9.16. The predicted molar refractivity (Wildman–Crippen MR) is 40.8 cm³/mol. The summed E-state index contributed by atoms with van der Waals surface area (Å²) in [7, 11) is -8.59. The molecule has 78 valence electrons. The monoisotopic (exact) mass is 328 g/mol. The smallest absolute Gasteiger partial charge is 0.813 e. The molecule has 15 heavy (non-hydrogen) atoms. The molecule has 0 saturated carbocycles. The van der Waals surface area contributed by atoms with E-state index < -0.39 is 30.6 Å². The van der Waals surface area contributed by atoms with E-state index in [0.29, 0.717) is 0 Å². The van der Waals surface area contributed by atoms with Gasteiger partial charge in [-0.2, -0.15) is 4.21 Å². The molecular formula is H3Na3O8S4. The number of hydrogen-bond acceptors (Lipinski definition) is 7. The van der Waals surface area contributed by atoms with Crippen LogP contribution in [0, 0.1) is 0 Å². The summed E-state index contributed by atoms with van der Waals surface area (Å²) < 4.78 is 68.6. The number of rotatable bonds is 1. The van der Waals surface area contributed by atoms with Gasteiger partial charge in [-0.1, -0.05) is 0 Å². The second-order valence-electron chi connectivity index (χ2n) is 0.843. The molecule has 0 amide bonds. The minimum atomic E-state index is -5.07. The minimum Gasteiger partial charge on any atom is -0.813 e. The van der Waals surface area contributed by atoms with Crippen LogP contribution in [-0.4, -0.2) is 35.0 Å². The van der Waals surface area contributed by atoms with E-state index in [2.05, 4.69) is 0 Å². The molecule has 0 fully saturated rings. The zero-order valence-electron chi connectivity index (χ0n) is 8.02. The van der Waals surface area contributed by atoms with Crippen molar-refractivity contribution in [3.63, 3.8) is 0 Å². The molecule has 0 aromatic carbocycles. The van der Waals surface area contributed by atoms with Crippen molar-refractivity contribution in [1.29, 1.82) is 0 Å². The molecule has 2 N–H and O–H groups in total. The molecule has 0 heterocycles. The van der Waals surface area contributed by atoms with Crippen LogP contribution in [-0.2, 0) is 44.1 Å². The number of hydrogen-bond donors (Lipinski definition) is 2. The van der Waals surface area contributed by atoms with Gasteiger partial charge < -0.3 is 22.6 Å². The molecule has 0 rings (SSSR count). The Balaban J connectivity index is -0.0000000230. The van der Waals surface area contributed by atoms with Gasteiger partial charge in [0.25, 0.3) is 11.4 Å². The van der Waals surface area contributed by atoms with E-state index in [0.717, 1.165) is 0 Å². The molecule has 0 aliphatic carbocycles. The average molecular weight is 328 g/mol. The molecule has 8 nitrogen and oxygen atoms in total. The zero-order valence-corrected chi connectivity index (χ0v) is 17.4. The molecule has 1 atom stereocenters. The van der Waals surface area contributed by atoms with Gasteiger partial charge in [0.05, 0.1) is 10.1 Å². The first-order valence-electron chi connectivity index (χ1n) is 1.53. The van der Waals surface area contributed by atoms with E-state index in [1.807, 2.05) is 0 Å². The molecule has 0 saturated heterocycles. The van der Waals surface area contributed by atoms with Crippen LogP contribution in [0.5, 0.6) is 0 Å². The van der Waals surface area contributed by atoms with Crippen molar-refractivity contribution < 1.29 is 124 Å². The van der Waals surface area contributed by atoms with Crippen LogP contribution in [0.3, 0.4) is 0 Å². The molecule has 0 spiro atoms. The Labute approximate surface area is 165 Å². The zero-order chi connectivity index (χ0) is 9.65. The minimum absolute atomic E-state index is 0. The Morgan fingerprint density at radius 2 is 1.07 bits per heavy atom. The topological polar surface area (TPSA) is 155 Å². The van der Waals surface area contributed by atoms with Gasteiger partial charge in [-0.3, -0.25) is 13.3 Å². The van der Waals surface area contributed by atoms with Gasteiger partial charge in [0.2, 0.25) is 0 Å². The molecule has 0 aromatic heterocycles. The first-order chi connectivity index (χ1) is 4.68. The molecule has 0 aliphatic heterocycles. The van der Waals surface area contributed by atoms with E-state index in [9.17, 15) is 0 Å². The summed E-state index contributed by atoms with van der Waals surface area (Å²) in [5.41, 5.74) is 0. The van der Waals surface area contributed by atoms with Crippen molar-refractivity contribution in [2.24, 2.45) is 0 Å². The number of thiol groups is 1. The molecule has 0 aromatic rings. The summed E-state index contributed by atoms with van der Waals surface area (Å²) in [5, 5.41) is 0. The second-order valence-corrected chi connectivity index (χ2v) is 4.57. The summed E-state index contributed by atoms with van der Waals surface area (Å²) in [6.45, 7) is 0. The Morgan fingerprint density at radius 1 is 1.00 bits per heavy atom. The fourth-order valence-electron chi connectivity index (χ4n) is 0. The van der Waals surface area contributed by atoms with Gasteiger partial charge in [0.15, 0.2) is 9.15 Å².